The Kier molecular flexibility index (Phi) is 7.40. The summed E-state index contributed by atoms with van der Waals surface area (Å²) < 4.78 is 2.40. The second-order valence-corrected chi connectivity index (χ2v) is 12.5. The predicted molar refractivity (Wildman–Crippen MR) is 187 cm³/mol. The molecule has 4 aromatic carbocycles. The van der Waals surface area contributed by atoms with Crippen LogP contribution in [0.1, 0.15) is 38.8 Å². The van der Waals surface area contributed by atoms with Crippen molar-refractivity contribution in [2.45, 2.75) is 38.5 Å². The van der Waals surface area contributed by atoms with Crippen molar-refractivity contribution in [1.82, 2.24) is 0 Å². The number of hydrogen-bond acceptors (Lipinski definition) is 1. The summed E-state index contributed by atoms with van der Waals surface area (Å²) in [5.41, 5.74) is 7.66. The van der Waals surface area contributed by atoms with Crippen molar-refractivity contribution < 1.29 is 4.58 Å². The first-order chi connectivity index (χ1) is 20.8. The maximum absolute atomic E-state index is 4.04. The molecule has 0 saturated carbocycles. The molecule has 214 valence electrons. The number of anilines is 1. The highest BCUT2D eigenvalue weighted by atomic mass is 15.2. The van der Waals surface area contributed by atoms with E-state index < -0.39 is 0 Å². The van der Waals surface area contributed by atoms with Gasteiger partial charge in [-0.05, 0) is 65.2 Å². The minimum Gasteiger partial charge on any atom is -0.340 e. The van der Waals surface area contributed by atoms with Gasteiger partial charge >= 0.3 is 0 Å². The van der Waals surface area contributed by atoms with Crippen molar-refractivity contribution in [3.63, 3.8) is 0 Å². The molecule has 2 aliphatic heterocycles. The summed E-state index contributed by atoms with van der Waals surface area (Å²) in [6, 6.07) is 26.4. The average molecular weight is 562 g/mol. The lowest BCUT2D eigenvalue weighted by atomic mass is 9.79. The highest BCUT2D eigenvalue weighted by molar-refractivity contribution is 6.07. The fraction of sp³-hybridized carbons (Fsp3) is 0.195. The third-order valence-corrected chi connectivity index (χ3v) is 9.08. The number of rotatable bonds is 8. The van der Waals surface area contributed by atoms with Gasteiger partial charge in [-0.15, -0.1) is 6.58 Å². The van der Waals surface area contributed by atoms with E-state index in [1.165, 1.54) is 55.5 Å². The zero-order chi connectivity index (χ0) is 30.2. The Morgan fingerprint density at radius 1 is 0.674 bits per heavy atom. The quantitative estimate of drug-likeness (QED) is 0.118. The molecule has 0 amide bonds. The van der Waals surface area contributed by atoms with Gasteiger partial charge in [0.15, 0.2) is 12.3 Å². The Hall–Kier alpha value is -4.69. The molecule has 2 aliphatic rings. The van der Waals surface area contributed by atoms with Crippen molar-refractivity contribution in [3.05, 3.63) is 157 Å². The number of fused-ring (bicyclic) bond motifs is 6. The van der Waals surface area contributed by atoms with Crippen molar-refractivity contribution in [2.24, 2.45) is 0 Å². The van der Waals surface area contributed by atoms with Crippen molar-refractivity contribution in [1.29, 1.82) is 0 Å². The lowest BCUT2D eigenvalue weighted by Gasteiger charge is -2.26. The first kappa shape index (κ1) is 28.4. The monoisotopic (exact) mass is 561 g/mol. The van der Waals surface area contributed by atoms with E-state index in [1.54, 1.807) is 0 Å². The van der Waals surface area contributed by atoms with Crippen LogP contribution in [-0.2, 0) is 10.8 Å². The molecule has 0 radical (unpaired) electrons. The summed E-state index contributed by atoms with van der Waals surface area (Å²) in [4.78, 5) is 2.40. The predicted octanol–water partition coefficient (Wildman–Crippen LogP) is 10.1. The van der Waals surface area contributed by atoms with Crippen molar-refractivity contribution >= 4 is 38.6 Å². The normalized spacial score (nSPS) is 18.1. The second kappa shape index (κ2) is 11.2. The number of nitrogens with zero attached hydrogens (tertiary/aromatic N) is 2. The minimum atomic E-state index is -0.119. The standard InChI is InChI=1S/C41H41N2/c1-7-28-42-34-26-24-30-18-14-16-20-32(30)38(34)40(3,4)36(42)22-12-10-9-11-13-23-37-41(5,6)39-33-21-17-15-19-31(33)25-27-35(39)43(37)29-8-2/h7-27H,1-2,28-29H2,3-6H3/q+1. The summed E-state index contributed by atoms with van der Waals surface area (Å²) >= 11 is 0. The molecule has 0 N–H and O–H groups in total. The summed E-state index contributed by atoms with van der Waals surface area (Å²) in [7, 11) is 0. The lowest BCUT2D eigenvalue weighted by molar-refractivity contribution is -0.425. The summed E-state index contributed by atoms with van der Waals surface area (Å²) in [5, 5.41) is 5.21. The number of hydrogen-bond donors (Lipinski definition) is 0. The molecule has 2 heteroatoms. The SMILES string of the molecule is C=CCN1C(=CC=CC=CC=CC2=[N+](CC=C)c3ccc4ccccc4c3C2(C)C)C(C)(C)c2c1ccc1ccccc21. The van der Waals surface area contributed by atoms with E-state index in [0.717, 1.165) is 13.1 Å². The Bertz CT molecular complexity index is 1910. The molecule has 0 spiro atoms. The van der Waals surface area contributed by atoms with Gasteiger partial charge in [-0.1, -0.05) is 111 Å². The molecule has 43 heavy (non-hydrogen) atoms. The Labute approximate surface area is 256 Å². The van der Waals surface area contributed by atoms with Gasteiger partial charge in [0.25, 0.3) is 0 Å². The first-order valence-electron chi connectivity index (χ1n) is 15.2. The van der Waals surface area contributed by atoms with E-state index in [-0.39, 0.29) is 10.8 Å². The molecule has 2 nitrogen and oxygen atoms in total. The fourth-order valence-corrected chi connectivity index (χ4v) is 7.21. The molecule has 0 aromatic heterocycles. The van der Waals surface area contributed by atoms with Gasteiger partial charge in [-0.2, -0.15) is 4.58 Å². The molecular formula is C41H41N2+. The third-order valence-electron chi connectivity index (χ3n) is 9.08. The van der Waals surface area contributed by atoms with Crippen molar-refractivity contribution in [3.8, 4) is 0 Å². The largest absolute Gasteiger partial charge is 0.340 e. The maximum atomic E-state index is 4.04. The van der Waals surface area contributed by atoms with Crippen LogP contribution in [0.2, 0.25) is 0 Å². The maximum Gasteiger partial charge on any atom is 0.210 e. The zero-order valence-electron chi connectivity index (χ0n) is 25.8. The van der Waals surface area contributed by atoms with Crippen LogP contribution >= 0.6 is 0 Å². The summed E-state index contributed by atoms with van der Waals surface area (Å²) in [6.45, 7) is 19.0. The van der Waals surface area contributed by atoms with Crippen LogP contribution in [0, 0.1) is 0 Å². The minimum absolute atomic E-state index is 0.119. The van der Waals surface area contributed by atoms with Crippen LogP contribution in [0.3, 0.4) is 0 Å². The first-order valence-corrected chi connectivity index (χ1v) is 15.2. The van der Waals surface area contributed by atoms with E-state index in [1.807, 2.05) is 12.2 Å². The second-order valence-electron chi connectivity index (χ2n) is 12.5. The van der Waals surface area contributed by atoms with Crippen LogP contribution in [0.4, 0.5) is 11.4 Å². The molecule has 0 unspecified atom stereocenters. The Balaban J connectivity index is 1.26. The van der Waals surface area contributed by atoms with Crippen LogP contribution in [0.25, 0.3) is 21.5 Å². The molecule has 6 rings (SSSR count). The molecule has 0 atom stereocenters. The topological polar surface area (TPSA) is 6.25 Å². The van der Waals surface area contributed by atoms with Crippen LogP contribution in [0.5, 0.6) is 0 Å². The Morgan fingerprint density at radius 2 is 1.30 bits per heavy atom. The molecule has 0 fully saturated rings. The van der Waals surface area contributed by atoms with Gasteiger partial charge in [0.1, 0.15) is 0 Å². The van der Waals surface area contributed by atoms with Crippen LogP contribution in [-0.4, -0.2) is 23.4 Å². The zero-order valence-corrected chi connectivity index (χ0v) is 25.8. The van der Waals surface area contributed by atoms with Gasteiger partial charge in [-0.3, -0.25) is 0 Å². The highest BCUT2D eigenvalue weighted by Gasteiger charge is 2.45. The lowest BCUT2D eigenvalue weighted by Crippen LogP contribution is -2.27. The molecule has 4 aromatic rings. The third kappa shape index (κ3) is 4.72. The van der Waals surface area contributed by atoms with E-state index in [0.29, 0.717) is 0 Å². The van der Waals surface area contributed by atoms with Crippen molar-refractivity contribution in [2.75, 3.05) is 18.0 Å². The molecular weight excluding hydrogens is 520 g/mol. The van der Waals surface area contributed by atoms with E-state index in [2.05, 4.69) is 166 Å². The highest BCUT2D eigenvalue weighted by Crippen LogP contribution is 2.50. The molecule has 2 heterocycles. The van der Waals surface area contributed by atoms with E-state index >= 15 is 0 Å². The van der Waals surface area contributed by atoms with Crippen LogP contribution < -0.4 is 4.90 Å². The smallest absolute Gasteiger partial charge is 0.210 e. The number of benzene rings is 4. The summed E-state index contributed by atoms with van der Waals surface area (Å²) in [5.74, 6) is 0. The van der Waals surface area contributed by atoms with E-state index in [4.69, 9.17) is 0 Å². The van der Waals surface area contributed by atoms with Gasteiger partial charge in [0.2, 0.25) is 5.69 Å². The molecule has 0 saturated heterocycles. The van der Waals surface area contributed by atoms with Gasteiger partial charge in [0.05, 0.1) is 5.41 Å². The molecule has 0 aliphatic carbocycles. The van der Waals surface area contributed by atoms with Gasteiger partial charge < -0.3 is 4.90 Å². The average Bonchev–Trinajstić information content (AvgIpc) is 3.35. The van der Waals surface area contributed by atoms with E-state index in [9.17, 15) is 0 Å². The Morgan fingerprint density at radius 3 is 2.00 bits per heavy atom. The van der Waals surface area contributed by atoms with Gasteiger partial charge in [0, 0.05) is 41.1 Å². The summed E-state index contributed by atoms with van der Waals surface area (Å²) in [6.07, 6.45) is 19.2. The molecule has 0 bridgehead atoms. The van der Waals surface area contributed by atoms with Gasteiger partial charge in [-0.25, -0.2) is 0 Å². The number of allylic oxidation sites excluding steroid dienone is 8. The van der Waals surface area contributed by atoms with Crippen LogP contribution in [0.15, 0.2) is 146 Å². The fourth-order valence-electron chi connectivity index (χ4n) is 7.21.